The van der Waals surface area contributed by atoms with E-state index in [0.29, 0.717) is 17.0 Å². The molecule has 2 aromatic carbocycles. The van der Waals surface area contributed by atoms with Crippen LogP contribution in [0.15, 0.2) is 67.3 Å². The fraction of sp³-hybridized carbons (Fsp3) is 0.0588. The minimum absolute atomic E-state index is 0.284. The fourth-order valence-electron chi connectivity index (χ4n) is 1.79. The van der Waals surface area contributed by atoms with Gasteiger partial charge in [0.1, 0.15) is 12.4 Å². The van der Waals surface area contributed by atoms with E-state index in [2.05, 4.69) is 22.7 Å². The minimum atomic E-state index is -0.547. The first kappa shape index (κ1) is 16.1. The Morgan fingerprint density at radius 2 is 1.70 bits per heavy atom. The van der Waals surface area contributed by atoms with Crippen molar-refractivity contribution in [2.75, 3.05) is 11.9 Å². The molecule has 6 heteroatoms. The molecule has 2 rings (SSSR count). The Morgan fingerprint density at radius 1 is 1.00 bits per heavy atom. The molecule has 0 radical (unpaired) electrons. The first-order valence-corrected chi connectivity index (χ1v) is 6.96. The summed E-state index contributed by atoms with van der Waals surface area (Å²) in [5, 5.41) is 2.59. The highest BCUT2D eigenvalue weighted by Gasteiger charge is 2.12. The zero-order valence-electron chi connectivity index (χ0n) is 12.4. The van der Waals surface area contributed by atoms with Gasteiger partial charge in [0.05, 0.1) is 5.56 Å². The van der Waals surface area contributed by atoms with Gasteiger partial charge in [0.2, 0.25) is 0 Å². The highest BCUT2D eigenvalue weighted by molar-refractivity contribution is 5.99. The monoisotopic (exact) mass is 311 g/mol. The number of hydrogen-bond donors (Lipinski definition) is 3. The molecule has 0 aliphatic heterocycles. The van der Waals surface area contributed by atoms with Crippen molar-refractivity contribution < 1.29 is 14.3 Å². The molecule has 0 fully saturated rings. The molecule has 0 heterocycles. The summed E-state index contributed by atoms with van der Waals surface area (Å²) in [4.78, 5) is 23.8. The molecule has 3 amide bonds. The molecule has 0 spiro atoms. The standard InChI is InChI=1S/C17H17N3O3/c1-2-12-23-15-11-7-6-10-14(15)16(21)19-20-17(22)18-13-8-4-3-5-9-13/h2-11H,1,12H2,(H,19,21)(H2,18,20,22). The lowest BCUT2D eigenvalue weighted by molar-refractivity contribution is 0.0934. The van der Waals surface area contributed by atoms with Crippen LogP contribution in [0.1, 0.15) is 10.4 Å². The molecule has 3 N–H and O–H groups in total. The predicted molar refractivity (Wildman–Crippen MR) is 88.2 cm³/mol. The van der Waals surface area contributed by atoms with Crippen molar-refractivity contribution in [3.8, 4) is 5.75 Å². The molecule has 0 bridgehead atoms. The summed E-state index contributed by atoms with van der Waals surface area (Å²) >= 11 is 0. The third kappa shape index (κ3) is 4.89. The molecular weight excluding hydrogens is 294 g/mol. The summed E-state index contributed by atoms with van der Waals surface area (Å²) in [6.45, 7) is 3.84. The Hall–Kier alpha value is -3.28. The lowest BCUT2D eigenvalue weighted by Gasteiger charge is -2.11. The highest BCUT2D eigenvalue weighted by Crippen LogP contribution is 2.17. The number of ether oxygens (including phenoxy) is 1. The van der Waals surface area contributed by atoms with Crippen molar-refractivity contribution in [1.29, 1.82) is 0 Å². The van der Waals surface area contributed by atoms with Crippen LogP contribution in [-0.4, -0.2) is 18.5 Å². The molecule has 0 saturated carbocycles. The van der Waals surface area contributed by atoms with Gasteiger partial charge in [-0.25, -0.2) is 10.2 Å². The van der Waals surface area contributed by atoms with E-state index in [4.69, 9.17) is 4.74 Å². The van der Waals surface area contributed by atoms with Crippen LogP contribution in [0, 0.1) is 0 Å². The second-order valence-corrected chi connectivity index (χ2v) is 4.50. The minimum Gasteiger partial charge on any atom is -0.489 e. The number of carbonyl (C=O) groups excluding carboxylic acids is 2. The van der Waals surface area contributed by atoms with Crippen molar-refractivity contribution in [3.63, 3.8) is 0 Å². The third-order valence-electron chi connectivity index (χ3n) is 2.81. The maximum absolute atomic E-state index is 12.1. The molecule has 23 heavy (non-hydrogen) atoms. The van der Waals surface area contributed by atoms with Crippen LogP contribution < -0.4 is 20.9 Å². The third-order valence-corrected chi connectivity index (χ3v) is 2.81. The molecular formula is C17H17N3O3. The second kappa shape index (κ2) is 8.23. The van der Waals surface area contributed by atoms with Gasteiger partial charge in [0.25, 0.3) is 5.91 Å². The largest absolute Gasteiger partial charge is 0.489 e. The van der Waals surface area contributed by atoms with Crippen molar-refractivity contribution >= 4 is 17.6 Å². The van der Waals surface area contributed by atoms with Crippen molar-refractivity contribution in [3.05, 3.63) is 72.8 Å². The van der Waals surface area contributed by atoms with Gasteiger partial charge < -0.3 is 10.1 Å². The Bertz CT molecular complexity index is 686. The topological polar surface area (TPSA) is 79.5 Å². The Kier molecular flexibility index (Phi) is 5.76. The van der Waals surface area contributed by atoms with Crippen LogP contribution in [0.5, 0.6) is 5.75 Å². The highest BCUT2D eigenvalue weighted by atomic mass is 16.5. The number of carbonyl (C=O) groups is 2. The molecule has 0 aliphatic rings. The number of amides is 3. The molecule has 2 aromatic rings. The summed E-state index contributed by atoms with van der Waals surface area (Å²) < 4.78 is 5.40. The van der Waals surface area contributed by atoms with Gasteiger partial charge in [0.15, 0.2) is 0 Å². The maximum atomic E-state index is 12.1. The quantitative estimate of drug-likeness (QED) is 0.587. The zero-order chi connectivity index (χ0) is 16.5. The number of nitrogens with one attached hydrogen (secondary N) is 3. The van der Waals surface area contributed by atoms with E-state index >= 15 is 0 Å². The molecule has 0 unspecified atom stereocenters. The number of anilines is 1. The zero-order valence-corrected chi connectivity index (χ0v) is 12.4. The maximum Gasteiger partial charge on any atom is 0.337 e. The van der Waals surface area contributed by atoms with Crippen molar-refractivity contribution in [1.82, 2.24) is 10.9 Å². The van der Waals surface area contributed by atoms with Crippen molar-refractivity contribution in [2.45, 2.75) is 0 Å². The number of urea groups is 1. The van der Waals surface area contributed by atoms with E-state index in [9.17, 15) is 9.59 Å². The summed E-state index contributed by atoms with van der Waals surface area (Å²) in [6, 6.07) is 15.1. The second-order valence-electron chi connectivity index (χ2n) is 4.50. The van der Waals surface area contributed by atoms with Crippen LogP contribution in [0.25, 0.3) is 0 Å². The van der Waals surface area contributed by atoms with Gasteiger partial charge in [-0.3, -0.25) is 10.2 Å². The summed E-state index contributed by atoms with van der Waals surface area (Å²) in [5.41, 5.74) is 5.55. The SMILES string of the molecule is C=CCOc1ccccc1C(=O)NNC(=O)Nc1ccccc1. The molecule has 0 saturated heterocycles. The number of rotatable bonds is 5. The Balaban J connectivity index is 1.92. The van der Waals surface area contributed by atoms with E-state index < -0.39 is 11.9 Å². The van der Waals surface area contributed by atoms with Crippen molar-refractivity contribution in [2.24, 2.45) is 0 Å². The molecule has 0 aliphatic carbocycles. The van der Waals surface area contributed by atoms with Crippen LogP contribution >= 0.6 is 0 Å². The number of benzene rings is 2. The van der Waals surface area contributed by atoms with Gasteiger partial charge in [0, 0.05) is 5.69 Å². The van der Waals surface area contributed by atoms with E-state index in [-0.39, 0.29) is 6.61 Å². The molecule has 6 nitrogen and oxygen atoms in total. The number of hydrazine groups is 1. The van der Waals surface area contributed by atoms with Gasteiger partial charge in [-0.2, -0.15) is 0 Å². The number of para-hydroxylation sites is 2. The molecule has 0 atom stereocenters. The van der Waals surface area contributed by atoms with Gasteiger partial charge in [-0.1, -0.05) is 43.0 Å². The van der Waals surface area contributed by atoms with E-state index in [1.54, 1.807) is 54.6 Å². The summed E-state index contributed by atoms with van der Waals surface area (Å²) in [6.07, 6.45) is 1.58. The van der Waals surface area contributed by atoms with Gasteiger partial charge >= 0.3 is 6.03 Å². The average Bonchev–Trinajstić information content (AvgIpc) is 2.59. The van der Waals surface area contributed by atoms with Crippen LogP contribution in [0.2, 0.25) is 0 Å². The van der Waals surface area contributed by atoms with Crippen LogP contribution in [0.4, 0.5) is 10.5 Å². The normalized spacial score (nSPS) is 9.57. The van der Waals surface area contributed by atoms with Gasteiger partial charge in [-0.05, 0) is 24.3 Å². The lowest BCUT2D eigenvalue weighted by Crippen LogP contribution is -2.44. The van der Waals surface area contributed by atoms with E-state index in [0.717, 1.165) is 0 Å². The first-order valence-electron chi connectivity index (χ1n) is 6.96. The Morgan fingerprint density at radius 3 is 2.43 bits per heavy atom. The first-order chi connectivity index (χ1) is 11.2. The molecule has 118 valence electrons. The van der Waals surface area contributed by atoms with Crippen LogP contribution in [0.3, 0.4) is 0 Å². The summed E-state index contributed by atoms with van der Waals surface area (Å²) in [7, 11) is 0. The fourth-order valence-corrected chi connectivity index (χ4v) is 1.79. The molecule has 0 aromatic heterocycles. The number of hydrogen-bond acceptors (Lipinski definition) is 3. The van der Waals surface area contributed by atoms with Crippen LogP contribution in [-0.2, 0) is 0 Å². The smallest absolute Gasteiger partial charge is 0.337 e. The predicted octanol–water partition coefficient (Wildman–Crippen LogP) is 2.72. The summed E-state index contributed by atoms with van der Waals surface area (Å²) in [5.74, 6) is -0.0666. The van der Waals surface area contributed by atoms with E-state index in [1.165, 1.54) is 0 Å². The lowest BCUT2D eigenvalue weighted by atomic mass is 10.2. The Labute approximate surface area is 134 Å². The van der Waals surface area contributed by atoms with E-state index in [1.807, 2.05) is 6.07 Å². The average molecular weight is 311 g/mol. The van der Waals surface area contributed by atoms with Gasteiger partial charge in [-0.15, -0.1) is 0 Å².